The first-order chi connectivity index (χ1) is 13.2. The van der Waals surface area contributed by atoms with Crippen molar-refractivity contribution in [3.63, 3.8) is 0 Å². The zero-order chi connectivity index (χ0) is 19.5. The van der Waals surface area contributed by atoms with Crippen LogP contribution in [0.15, 0.2) is 17.6 Å². The van der Waals surface area contributed by atoms with E-state index in [1.165, 1.54) is 0 Å². The first kappa shape index (κ1) is 21.2. The molecule has 1 fully saturated rings. The van der Waals surface area contributed by atoms with Crippen LogP contribution in [0.25, 0.3) is 0 Å². The van der Waals surface area contributed by atoms with E-state index in [0.717, 1.165) is 70.7 Å². The number of amides is 1. The van der Waals surface area contributed by atoms with Crippen molar-refractivity contribution in [2.45, 2.75) is 65.0 Å². The number of hydrogen-bond acceptors (Lipinski definition) is 4. The third-order valence-corrected chi connectivity index (χ3v) is 5.31. The molecule has 27 heavy (non-hydrogen) atoms. The molecule has 0 radical (unpaired) electrons. The molecule has 8 nitrogen and oxygen atoms in total. The van der Waals surface area contributed by atoms with Gasteiger partial charge in [-0.15, -0.1) is 10.2 Å². The Kier molecular flexibility index (Phi) is 9.07. The minimum Gasteiger partial charge on any atom is -0.356 e. The Morgan fingerprint density at radius 1 is 1.19 bits per heavy atom. The van der Waals surface area contributed by atoms with E-state index >= 15 is 0 Å². The van der Waals surface area contributed by atoms with Crippen LogP contribution in [0.3, 0.4) is 0 Å². The minimum absolute atomic E-state index is 0.182. The summed E-state index contributed by atoms with van der Waals surface area (Å²) >= 11 is 0. The number of carbonyl (C=O) groups is 1. The summed E-state index contributed by atoms with van der Waals surface area (Å²) in [6.45, 7) is 7.69. The standard InChI is InChI=1S/C19H35N7O/c1-4-16(5-2)18(27)26-12-8-17(9-13-26)24-19(20-3)21-10-6-7-11-25-14-22-23-15-25/h14-17H,4-13H2,1-3H3,(H2,20,21,24). The van der Waals surface area contributed by atoms with E-state index < -0.39 is 0 Å². The van der Waals surface area contributed by atoms with Crippen LogP contribution >= 0.6 is 0 Å². The van der Waals surface area contributed by atoms with E-state index in [0.29, 0.717) is 11.9 Å². The van der Waals surface area contributed by atoms with Gasteiger partial charge in [-0.05, 0) is 38.5 Å². The largest absolute Gasteiger partial charge is 0.356 e. The molecule has 0 aliphatic carbocycles. The number of nitrogens with zero attached hydrogens (tertiary/aromatic N) is 5. The van der Waals surface area contributed by atoms with Gasteiger partial charge in [0.15, 0.2) is 5.96 Å². The van der Waals surface area contributed by atoms with Gasteiger partial charge in [-0.25, -0.2) is 0 Å². The number of piperidine rings is 1. The van der Waals surface area contributed by atoms with Gasteiger partial charge in [-0.2, -0.15) is 0 Å². The van der Waals surface area contributed by atoms with Gasteiger partial charge >= 0.3 is 0 Å². The summed E-state index contributed by atoms with van der Waals surface area (Å²) < 4.78 is 1.99. The molecule has 2 rings (SSSR count). The zero-order valence-electron chi connectivity index (χ0n) is 17.0. The van der Waals surface area contributed by atoms with E-state index in [1.54, 1.807) is 19.7 Å². The molecule has 1 amide bonds. The summed E-state index contributed by atoms with van der Waals surface area (Å²) in [5.41, 5.74) is 0. The van der Waals surface area contributed by atoms with Crippen LogP contribution in [-0.2, 0) is 11.3 Å². The van der Waals surface area contributed by atoms with Gasteiger partial charge in [0.25, 0.3) is 0 Å². The van der Waals surface area contributed by atoms with Gasteiger partial charge in [0.1, 0.15) is 12.7 Å². The third-order valence-electron chi connectivity index (χ3n) is 5.31. The van der Waals surface area contributed by atoms with Crippen molar-refractivity contribution >= 4 is 11.9 Å². The van der Waals surface area contributed by atoms with Crippen LogP contribution in [0.4, 0.5) is 0 Å². The predicted molar refractivity (Wildman–Crippen MR) is 107 cm³/mol. The molecule has 0 bridgehead atoms. The SMILES string of the molecule is CCC(CC)C(=O)N1CCC(NC(=NC)NCCCCn2cnnc2)CC1. The molecule has 0 spiro atoms. The topological polar surface area (TPSA) is 87.4 Å². The number of rotatable bonds is 9. The van der Waals surface area contributed by atoms with Crippen molar-refractivity contribution in [1.29, 1.82) is 0 Å². The molecule has 152 valence electrons. The smallest absolute Gasteiger partial charge is 0.225 e. The van der Waals surface area contributed by atoms with Crippen LogP contribution < -0.4 is 10.6 Å². The normalized spacial score (nSPS) is 16.0. The maximum absolute atomic E-state index is 12.5. The molecular formula is C19H35N7O. The van der Waals surface area contributed by atoms with Gasteiger partial charge in [-0.3, -0.25) is 9.79 Å². The van der Waals surface area contributed by atoms with E-state index in [1.807, 2.05) is 9.47 Å². The summed E-state index contributed by atoms with van der Waals surface area (Å²) in [4.78, 5) is 18.9. The lowest BCUT2D eigenvalue weighted by molar-refractivity contribution is -0.136. The molecule has 0 saturated carbocycles. The van der Waals surface area contributed by atoms with Gasteiger partial charge in [0.2, 0.25) is 5.91 Å². The van der Waals surface area contributed by atoms with Gasteiger partial charge in [0.05, 0.1) is 0 Å². The third kappa shape index (κ3) is 6.84. The Bertz CT molecular complexity index is 561. The van der Waals surface area contributed by atoms with Crippen molar-refractivity contribution in [2.24, 2.45) is 10.9 Å². The molecule has 1 aliphatic rings. The molecule has 1 saturated heterocycles. The van der Waals surface area contributed by atoms with E-state index in [9.17, 15) is 4.79 Å². The summed E-state index contributed by atoms with van der Waals surface area (Å²) in [6, 6.07) is 0.374. The highest BCUT2D eigenvalue weighted by Gasteiger charge is 2.26. The molecule has 1 aliphatic heterocycles. The Hall–Kier alpha value is -2.12. The highest BCUT2D eigenvalue weighted by Crippen LogP contribution is 2.17. The quantitative estimate of drug-likeness (QED) is 0.388. The van der Waals surface area contributed by atoms with E-state index in [-0.39, 0.29) is 5.92 Å². The highest BCUT2D eigenvalue weighted by atomic mass is 16.2. The summed E-state index contributed by atoms with van der Waals surface area (Å²) in [5.74, 6) is 1.36. The van der Waals surface area contributed by atoms with Gasteiger partial charge in [-0.1, -0.05) is 13.8 Å². The second kappa shape index (κ2) is 11.6. The number of aryl methyl sites for hydroxylation is 1. The number of aliphatic imine (C=N–C) groups is 1. The van der Waals surface area contributed by atoms with Gasteiger partial charge < -0.3 is 20.1 Å². The number of unbranched alkanes of at least 4 members (excludes halogenated alkanes) is 1. The molecule has 0 atom stereocenters. The molecule has 2 N–H and O–H groups in total. The maximum Gasteiger partial charge on any atom is 0.225 e. The molecule has 2 heterocycles. The fourth-order valence-corrected chi connectivity index (χ4v) is 3.49. The van der Waals surface area contributed by atoms with Crippen LogP contribution in [0.5, 0.6) is 0 Å². The average molecular weight is 378 g/mol. The van der Waals surface area contributed by atoms with Crippen molar-refractivity contribution in [2.75, 3.05) is 26.7 Å². The minimum atomic E-state index is 0.182. The maximum atomic E-state index is 12.5. The number of hydrogen-bond donors (Lipinski definition) is 2. The number of carbonyl (C=O) groups excluding carboxylic acids is 1. The first-order valence-corrected chi connectivity index (χ1v) is 10.3. The molecule has 0 unspecified atom stereocenters. The Labute approximate surface area is 162 Å². The number of guanidine groups is 1. The molecule has 1 aromatic heterocycles. The van der Waals surface area contributed by atoms with Crippen molar-refractivity contribution in [3.05, 3.63) is 12.7 Å². The lowest BCUT2D eigenvalue weighted by Gasteiger charge is -2.34. The number of aromatic nitrogens is 3. The Balaban J connectivity index is 1.63. The fourth-order valence-electron chi connectivity index (χ4n) is 3.49. The van der Waals surface area contributed by atoms with Crippen molar-refractivity contribution in [1.82, 2.24) is 30.3 Å². The number of nitrogens with one attached hydrogen (secondary N) is 2. The molecule has 1 aromatic rings. The van der Waals surface area contributed by atoms with Crippen molar-refractivity contribution < 1.29 is 4.79 Å². The Morgan fingerprint density at radius 3 is 2.44 bits per heavy atom. The predicted octanol–water partition coefficient (Wildman–Crippen LogP) is 1.65. The fraction of sp³-hybridized carbons (Fsp3) is 0.789. The van der Waals surface area contributed by atoms with Crippen LogP contribution in [0.2, 0.25) is 0 Å². The lowest BCUT2D eigenvalue weighted by Crippen LogP contribution is -2.50. The van der Waals surface area contributed by atoms with E-state index in [4.69, 9.17) is 0 Å². The van der Waals surface area contributed by atoms with Crippen LogP contribution in [-0.4, -0.2) is 64.3 Å². The summed E-state index contributed by atoms with van der Waals surface area (Å²) in [7, 11) is 1.80. The second-order valence-electron chi connectivity index (χ2n) is 7.16. The number of likely N-dealkylation sites (tertiary alicyclic amines) is 1. The van der Waals surface area contributed by atoms with Crippen LogP contribution in [0, 0.1) is 5.92 Å². The summed E-state index contributed by atoms with van der Waals surface area (Å²) in [5, 5.41) is 14.5. The second-order valence-corrected chi connectivity index (χ2v) is 7.16. The van der Waals surface area contributed by atoms with E-state index in [2.05, 4.69) is 39.7 Å². The Morgan fingerprint density at radius 2 is 1.85 bits per heavy atom. The van der Waals surface area contributed by atoms with Crippen LogP contribution in [0.1, 0.15) is 52.4 Å². The molecular weight excluding hydrogens is 342 g/mol. The molecule has 8 heteroatoms. The van der Waals surface area contributed by atoms with Crippen molar-refractivity contribution in [3.8, 4) is 0 Å². The first-order valence-electron chi connectivity index (χ1n) is 10.3. The van der Waals surface area contributed by atoms with Gasteiger partial charge in [0, 0.05) is 45.2 Å². The molecule has 0 aromatic carbocycles. The monoisotopic (exact) mass is 377 g/mol. The highest BCUT2D eigenvalue weighted by molar-refractivity contribution is 5.80. The average Bonchev–Trinajstić information content (AvgIpc) is 3.21. The lowest BCUT2D eigenvalue weighted by atomic mass is 9.98. The summed E-state index contributed by atoms with van der Waals surface area (Å²) in [6.07, 6.45) is 9.42. The zero-order valence-corrected chi connectivity index (χ0v) is 17.0.